The number of nitrogens with one attached hydrogen (secondary N) is 1. The van der Waals surface area contributed by atoms with Crippen molar-refractivity contribution in [1.82, 2.24) is 5.32 Å². The summed E-state index contributed by atoms with van der Waals surface area (Å²) in [4.78, 5) is 20.8. The number of nitrogens with zero attached hydrogens (tertiary/aromatic N) is 1. The molecule has 0 radical (unpaired) electrons. The Morgan fingerprint density at radius 2 is 2.18 bits per heavy atom. The van der Waals surface area contributed by atoms with E-state index in [4.69, 9.17) is 5.11 Å². The molecule has 0 amide bonds. The number of nitro benzene ring substituents is 1. The van der Waals surface area contributed by atoms with E-state index in [1.165, 1.54) is 13.0 Å². The second-order valence-electron chi connectivity index (χ2n) is 3.65. The molecule has 0 bridgehead atoms. The third-order valence-corrected chi connectivity index (χ3v) is 2.40. The Labute approximate surface area is 98.4 Å². The first-order valence-electron chi connectivity index (χ1n) is 5.21. The Bertz CT molecular complexity index is 420. The minimum Gasteiger partial charge on any atom is -0.480 e. The normalized spacial score (nSPS) is 12.1. The molecule has 1 aromatic carbocycles. The number of para-hydroxylation sites is 1. The van der Waals surface area contributed by atoms with Gasteiger partial charge in [-0.05, 0) is 13.3 Å². The average molecular weight is 238 g/mol. The van der Waals surface area contributed by atoms with Crippen LogP contribution in [-0.2, 0) is 11.2 Å². The maximum atomic E-state index is 10.7. The molecule has 1 atom stereocenters. The minimum atomic E-state index is -0.937. The molecule has 1 rings (SSSR count). The van der Waals surface area contributed by atoms with Crippen LogP contribution in [0.2, 0.25) is 0 Å². The summed E-state index contributed by atoms with van der Waals surface area (Å²) >= 11 is 0. The van der Waals surface area contributed by atoms with Crippen molar-refractivity contribution in [2.24, 2.45) is 0 Å². The minimum absolute atomic E-state index is 0.0669. The van der Waals surface area contributed by atoms with E-state index in [-0.39, 0.29) is 5.69 Å². The fourth-order valence-corrected chi connectivity index (χ4v) is 1.41. The second-order valence-corrected chi connectivity index (χ2v) is 3.65. The highest BCUT2D eigenvalue weighted by Crippen LogP contribution is 2.17. The molecular formula is C11H14N2O4. The second kappa shape index (κ2) is 5.95. The monoisotopic (exact) mass is 238 g/mol. The lowest BCUT2D eigenvalue weighted by molar-refractivity contribution is -0.385. The molecular weight excluding hydrogens is 224 g/mol. The van der Waals surface area contributed by atoms with Gasteiger partial charge in [0.05, 0.1) is 4.92 Å². The van der Waals surface area contributed by atoms with Crippen molar-refractivity contribution in [2.75, 3.05) is 6.54 Å². The van der Waals surface area contributed by atoms with Crippen LogP contribution in [0.1, 0.15) is 12.5 Å². The SMILES string of the molecule is CC(NCCc1ccccc1[N+](=O)[O-])C(=O)O. The lowest BCUT2D eigenvalue weighted by Crippen LogP contribution is -2.35. The van der Waals surface area contributed by atoms with Crippen molar-refractivity contribution in [3.63, 3.8) is 0 Å². The Hall–Kier alpha value is -1.95. The molecule has 6 heteroatoms. The largest absolute Gasteiger partial charge is 0.480 e. The molecule has 92 valence electrons. The molecule has 6 nitrogen and oxygen atoms in total. The molecule has 0 aromatic heterocycles. The maximum Gasteiger partial charge on any atom is 0.320 e. The fourth-order valence-electron chi connectivity index (χ4n) is 1.41. The molecule has 0 saturated heterocycles. The van der Waals surface area contributed by atoms with Gasteiger partial charge in [0.25, 0.3) is 5.69 Å². The van der Waals surface area contributed by atoms with E-state index in [1.54, 1.807) is 18.2 Å². The Balaban J connectivity index is 2.58. The molecule has 0 aliphatic rings. The summed E-state index contributed by atoms with van der Waals surface area (Å²) in [7, 11) is 0. The van der Waals surface area contributed by atoms with Gasteiger partial charge in [-0.2, -0.15) is 0 Å². The van der Waals surface area contributed by atoms with Gasteiger partial charge in [0.15, 0.2) is 0 Å². The lowest BCUT2D eigenvalue weighted by atomic mass is 10.1. The number of aliphatic carboxylic acids is 1. The van der Waals surface area contributed by atoms with Crippen LogP contribution >= 0.6 is 0 Å². The van der Waals surface area contributed by atoms with Gasteiger partial charge in [-0.3, -0.25) is 14.9 Å². The van der Waals surface area contributed by atoms with E-state index >= 15 is 0 Å². The van der Waals surface area contributed by atoms with Crippen LogP contribution in [0.25, 0.3) is 0 Å². The van der Waals surface area contributed by atoms with Crippen LogP contribution in [0.15, 0.2) is 24.3 Å². The maximum absolute atomic E-state index is 10.7. The Morgan fingerprint density at radius 3 is 2.76 bits per heavy atom. The van der Waals surface area contributed by atoms with E-state index in [1.807, 2.05) is 0 Å². The van der Waals surface area contributed by atoms with E-state index in [2.05, 4.69) is 5.32 Å². The summed E-state index contributed by atoms with van der Waals surface area (Å²) in [5.74, 6) is -0.937. The number of carboxylic acid groups (broad SMARTS) is 1. The number of benzene rings is 1. The zero-order chi connectivity index (χ0) is 12.8. The van der Waals surface area contributed by atoms with Crippen LogP contribution in [-0.4, -0.2) is 28.6 Å². The Kier molecular flexibility index (Phi) is 4.59. The zero-order valence-electron chi connectivity index (χ0n) is 9.42. The summed E-state index contributed by atoms with van der Waals surface area (Å²) < 4.78 is 0. The third kappa shape index (κ3) is 3.84. The van der Waals surface area contributed by atoms with E-state index in [0.717, 1.165) is 0 Å². The molecule has 17 heavy (non-hydrogen) atoms. The highest BCUT2D eigenvalue weighted by atomic mass is 16.6. The van der Waals surface area contributed by atoms with Crippen molar-refractivity contribution in [3.05, 3.63) is 39.9 Å². The summed E-state index contributed by atoms with van der Waals surface area (Å²) in [5, 5.41) is 22.1. The van der Waals surface area contributed by atoms with Crippen molar-refractivity contribution >= 4 is 11.7 Å². The van der Waals surface area contributed by atoms with Crippen LogP contribution in [0.4, 0.5) is 5.69 Å². The zero-order valence-corrected chi connectivity index (χ0v) is 9.42. The fraction of sp³-hybridized carbons (Fsp3) is 0.364. The molecule has 0 heterocycles. The van der Waals surface area contributed by atoms with Gasteiger partial charge in [0, 0.05) is 18.2 Å². The number of carboxylic acids is 1. The molecule has 2 N–H and O–H groups in total. The summed E-state index contributed by atoms with van der Waals surface area (Å²) in [5.41, 5.74) is 0.667. The van der Waals surface area contributed by atoms with Crippen molar-refractivity contribution in [1.29, 1.82) is 0 Å². The summed E-state index contributed by atoms with van der Waals surface area (Å²) in [6, 6.07) is 5.79. The lowest BCUT2D eigenvalue weighted by Gasteiger charge is -2.08. The predicted molar refractivity (Wildman–Crippen MR) is 61.9 cm³/mol. The van der Waals surface area contributed by atoms with Gasteiger partial charge in [-0.15, -0.1) is 0 Å². The van der Waals surface area contributed by atoms with Gasteiger partial charge in [-0.25, -0.2) is 0 Å². The summed E-state index contributed by atoms with van der Waals surface area (Å²) in [6.45, 7) is 1.92. The van der Waals surface area contributed by atoms with Gasteiger partial charge in [-0.1, -0.05) is 18.2 Å². The number of hydrogen-bond donors (Lipinski definition) is 2. The van der Waals surface area contributed by atoms with Crippen LogP contribution < -0.4 is 5.32 Å². The quantitative estimate of drug-likeness (QED) is 0.573. The molecule has 0 spiro atoms. The highest BCUT2D eigenvalue weighted by Gasteiger charge is 2.13. The van der Waals surface area contributed by atoms with Crippen molar-refractivity contribution in [2.45, 2.75) is 19.4 Å². The van der Waals surface area contributed by atoms with Crippen molar-refractivity contribution in [3.8, 4) is 0 Å². The third-order valence-electron chi connectivity index (χ3n) is 2.40. The van der Waals surface area contributed by atoms with E-state index in [9.17, 15) is 14.9 Å². The standard InChI is InChI=1S/C11H14N2O4/c1-8(11(14)15)12-7-6-9-4-2-3-5-10(9)13(16)17/h2-5,8,12H,6-7H2,1H3,(H,14,15). The predicted octanol–water partition coefficient (Wildman–Crippen LogP) is 1.20. The average Bonchev–Trinajstić information content (AvgIpc) is 2.29. The smallest absolute Gasteiger partial charge is 0.320 e. The molecule has 1 unspecified atom stereocenters. The Morgan fingerprint density at radius 1 is 1.53 bits per heavy atom. The van der Waals surface area contributed by atoms with Crippen LogP contribution in [0, 0.1) is 10.1 Å². The van der Waals surface area contributed by atoms with Gasteiger partial charge >= 0.3 is 5.97 Å². The van der Waals surface area contributed by atoms with E-state index in [0.29, 0.717) is 18.5 Å². The summed E-state index contributed by atoms with van der Waals surface area (Å²) in [6.07, 6.45) is 0.425. The van der Waals surface area contributed by atoms with E-state index < -0.39 is 16.9 Å². The number of rotatable bonds is 6. The molecule has 0 fully saturated rings. The number of hydrogen-bond acceptors (Lipinski definition) is 4. The van der Waals surface area contributed by atoms with Gasteiger partial charge in [0.2, 0.25) is 0 Å². The molecule has 0 aliphatic carbocycles. The molecule has 0 aliphatic heterocycles. The first-order valence-corrected chi connectivity index (χ1v) is 5.21. The van der Waals surface area contributed by atoms with Gasteiger partial charge in [0.1, 0.15) is 6.04 Å². The number of nitro groups is 1. The first-order chi connectivity index (χ1) is 8.02. The highest BCUT2D eigenvalue weighted by molar-refractivity contribution is 5.72. The molecule has 1 aromatic rings. The number of carbonyl (C=O) groups is 1. The molecule has 0 saturated carbocycles. The van der Waals surface area contributed by atoms with Crippen molar-refractivity contribution < 1.29 is 14.8 Å². The van der Waals surface area contributed by atoms with Gasteiger partial charge < -0.3 is 10.4 Å². The topological polar surface area (TPSA) is 92.5 Å². The van der Waals surface area contributed by atoms with Crippen LogP contribution in [0.3, 0.4) is 0 Å². The van der Waals surface area contributed by atoms with Crippen LogP contribution in [0.5, 0.6) is 0 Å². The first kappa shape index (κ1) is 13.1.